The Bertz CT molecular complexity index is 353. The number of hydrogen-bond acceptors (Lipinski definition) is 4. The number of esters is 1. The van der Waals surface area contributed by atoms with Crippen molar-refractivity contribution in [2.24, 2.45) is 0 Å². The van der Waals surface area contributed by atoms with Crippen molar-refractivity contribution >= 4 is 5.97 Å². The van der Waals surface area contributed by atoms with Crippen LogP contribution >= 0.6 is 0 Å². The lowest BCUT2D eigenvalue weighted by molar-refractivity contribution is -0.141. The first-order valence-corrected chi connectivity index (χ1v) is 6.12. The minimum Gasteiger partial charge on any atom is -0.469 e. The van der Waals surface area contributed by atoms with E-state index in [0.29, 0.717) is 19.4 Å². The zero-order valence-corrected chi connectivity index (χ0v) is 11.0. The summed E-state index contributed by atoms with van der Waals surface area (Å²) < 4.78 is 4.63. The highest BCUT2D eigenvalue weighted by molar-refractivity contribution is 5.69. The molecule has 4 nitrogen and oxygen atoms in total. The Morgan fingerprint density at radius 3 is 2.61 bits per heavy atom. The molecule has 0 radical (unpaired) electrons. The third-order valence-corrected chi connectivity index (χ3v) is 3.02. The van der Waals surface area contributed by atoms with Crippen LogP contribution in [0.1, 0.15) is 24.4 Å². The van der Waals surface area contributed by atoms with E-state index in [-0.39, 0.29) is 18.6 Å². The Labute approximate surface area is 108 Å². The second kappa shape index (κ2) is 7.84. The van der Waals surface area contributed by atoms with E-state index in [1.54, 1.807) is 0 Å². The lowest BCUT2D eigenvalue weighted by atomic mass is 10.0. The van der Waals surface area contributed by atoms with Crippen molar-refractivity contribution in [3.05, 3.63) is 35.9 Å². The number of carbonyl (C=O) groups excluding carboxylic acids is 1. The Balaban J connectivity index is 2.64. The summed E-state index contributed by atoms with van der Waals surface area (Å²) in [5.41, 5.74) is 1.15. The number of carbonyl (C=O) groups is 1. The molecule has 0 amide bonds. The minimum absolute atomic E-state index is 0.126. The van der Waals surface area contributed by atoms with Crippen LogP contribution in [0.2, 0.25) is 0 Å². The standard InChI is InChI=1S/C14H21NO3/c1-15(10-8-14(17)18-2)13(9-11-16)12-6-4-3-5-7-12/h3-7,13,16H,8-11H2,1-2H3. The highest BCUT2D eigenvalue weighted by Crippen LogP contribution is 2.22. The summed E-state index contributed by atoms with van der Waals surface area (Å²) >= 11 is 0. The summed E-state index contributed by atoms with van der Waals surface area (Å²) in [7, 11) is 3.35. The average Bonchev–Trinajstić information content (AvgIpc) is 2.42. The molecule has 1 N–H and O–H groups in total. The van der Waals surface area contributed by atoms with Gasteiger partial charge in [-0.1, -0.05) is 30.3 Å². The van der Waals surface area contributed by atoms with E-state index >= 15 is 0 Å². The van der Waals surface area contributed by atoms with Crippen molar-refractivity contribution in [3.63, 3.8) is 0 Å². The largest absolute Gasteiger partial charge is 0.469 e. The Morgan fingerprint density at radius 2 is 2.06 bits per heavy atom. The third-order valence-electron chi connectivity index (χ3n) is 3.02. The molecule has 0 saturated heterocycles. The Hall–Kier alpha value is -1.39. The molecule has 100 valence electrons. The topological polar surface area (TPSA) is 49.8 Å². The fraction of sp³-hybridized carbons (Fsp3) is 0.500. The monoisotopic (exact) mass is 251 g/mol. The van der Waals surface area contributed by atoms with Gasteiger partial charge >= 0.3 is 5.97 Å². The molecule has 1 aromatic carbocycles. The minimum atomic E-state index is -0.210. The quantitative estimate of drug-likeness (QED) is 0.748. The van der Waals surface area contributed by atoms with Crippen LogP contribution in [0.25, 0.3) is 0 Å². The molecule has 0 aliphatic rings. The molecule has 1 aromatic rings. The third kappa shape index (κ3) is 4.47. The summed E-state index contributed by atoms with van der Waals surface area (Å²) in [5.74, 6) is -0.210. The average molecular weight is 251 g/mol. The van der Waals surface area contributed by atoms with E-state index < -0.39 is 0 Å². The molecular weight excluding hydrogens is 230 g/mol. The van der Waals surface area contributed by atoms with Crippen LogP contribution < -0.4 is 0 Å². The summed E-state index contributed by atoms with van der Waals surface area (Å²) in [6.45, 7) is 0.744. The van der Waals surface area contributed by atoms with E-state index in [1.165, 1.54) is 7.11 Å². The maximum Gasteiger partial charge on any atom is 0.306 e. The van der Waals surface area contributed by atoms with Crippen LogP contribution in [0.5, 0.6) is 0 Å². The molecule has 0 bridgehead atoms. The van der Waals surface area contributed by atoms with Crippen LogP contribution in [0.15, 0.2) is 30.3 Å². The molecule has 0 aliphatic heterocycles. The molecule has 0 aliphatic carbocycles. The predicted octanol–water partition coefficient (Wildman–Crippen LogP) is 1.60. The Morgan fingerprint density at radius 1 is 1.39 bits per heavy atom. The first-order valence-electron chi connectivity index (χ1n) is 6.12. The number of nitrogens with zero attached hydrogens (tertiary/aromatic N) is 1. The van der Waals surface area contributed by atoms with Crippen molar-refractivity contribution in [1.29, 1.82) is 0 Å². The van der Waals surface area contributed by atoms with E-state index in [1.807, 2.05) is 37.4 Å². The van der Waals surface area contributed by atoms with Gasteiger partial charge in [-0.15, -0.1) is 0 Å². The molecule has 0 saturated carbocycles. The van der Waals surface area contributed by atoms with Gasteiger partial charge < -0.3 is 9.84 Å². The van der Waals surface area contributed by atoms with Gasteiger partial charge in [-0.05, 0) is 19.0 Å². The van der Waals surface area contributed by atoms with Crippen LogP contribution in [0, 0.1) is 0 Å². The molecule has 1 unspecified atom stereocenters. The zero-order chi connectivity index (χ0) is 13.4. The van der Waals surface area contributed by atoms with Crippen LogP contribution in [-0.2, 0) is 9.53 Å². The van der Waals surface area contributed by atoms with Crippen LogP contribution in [0.3, 0.4) is 0 Å². The van der Waals surface area contributed by atoms with Gasteiger partial charge in [-0.3, -0.25) is 9.69 Å². The summed E-state index contributed by atoms with van der Waals surface area (Å²) in [5, 5.41) is 9.15. The van der Waals surface area contributed by atoms with Crippen molar-refractivity contribution in [2.45, 2.75) is 18.9 Å². The molecule has 4 heteroatoms. The maximum atomic E-state index is 11.1. The predicted molar refractivity (Wildman–Crippen MR) is 70.1 cm³/mol. The molecule has 0 spiro atoms. The number of benzene rings is 1. The molecule has 0 heterocycles. The van der Waals surface area contributed by atoms with Gasteiger partial charge in [0.25, 0.3) is 0 Å². The number of ether oxygens (including phenoxy) is 1. The maximum absolute atomic E-state index is 11.1. The van der Waals surface area contributed by atoms with Gasteiger partial charge in [0, 0.05) is 19.2 Å². The second-order valence-corrected chi connectivity index (χ2v) is 4.25. The first kappa shape index (κ1) is 14.7. The van der Waals surface area contributed by atoms with Crippen molar-refractivity contribution in [2.75, 3.05) is 27.3 Å². The summed E-state index contributed by atoms with van der Waals surface area (Å²) in [6.07, 6.45) is 1.02. The van der Waals surface area contributed by atoms with Gasteiger partial charge in [0.05, 0.1) is 13.5 Å². The zero-order valence-electron chi connectivity index (χ0n) is 11.0. The molecule has 1 rings (SSSR count). The highest BCUT2D eigenvalue weighted by Gasteiger charge is 2.17. The lowest BCUT2D eigenvalue weighted by Crippen LogP contribution is -2.28. The van der Waals surface area contributed by atoms with E-state index in [4.69, 9.17) is 5.11 Å². The summed E-state index contributed by atoms with van der Waals surface area (Å²) in [4.78, 5) is 13.2. The van der Waals surface area contributed by atoms with Gasteiger partial charge in [0.2, 0.25) is 0 Å². The Kier molecular flexibility index (Phi) is 6.39. The van der Waals surface area contributed by atoms with Crippen LogP contribution in [0.4, 0.5) is 0 Å². The molecule has 0 fully saturated rings. The van der Waals surface area contributed by atoms with Crippen molar-refractivity contribution in [3.8, 4) is 0 Å². The lowest BCUT2D eigenvalue weighted by Gasteiger charge is -2.27. The van der Waals surface area contributed by atoms with Gasteiger partial charge in [0.15, 0.2) is 0 Å². The number of hydrogen-bond donors (Lipinski definition) is 1. The van der Waals surface area contributed by atoms with Gasteiger partial charge in [-0.2, -0.15) is 0 Å². The fourth-order valence-electron chi connectivity index (χ4n) is 1.96. The van der Waals surface area contributed by atoms with Crippen molar-refractivity contribution in [1.82, 2.24) is 4.90 Å². The summed E-state index contributed by atoms with van der Waals surface area (Å²) in [6, 6.07) is 10.1. The van der Waals surface area contributed by atoms with E-state index in [2.05, 4.69) is 9.64 Å². The smallest absolute Gasteiger partial charge is 0.306 e. The highest BCUT2D eigenvalue weighted by atomic mass is 16.5. The van der Waals surface area contributed by atoms with E-state index in [0.717, 1.165) is 5.56 Å². The molecular formula is C14H21NO3. The normalized spacial score (nSPS) is 12.4. The first-order chi connectivity index (χ1) is 8.69. The molecule has 1 atom stereocenters. The number of aliphatic hydroxyl groups is 1. The van der Waals surface area contributed by atoms with Crippen molar-refractivity contribution < 1.29 is 14.6 Å². The van der Waals surface area contributed by atoms with Gasteiger partial charge in [-0.25, -0.2) is 0 Å². The number of aliphatic hydroxyl groups excluding tert-OH is 1. The van der Waals surface area contributed by atoms with E-state index in [9.17, 15) is 4.79 Å². The fourth-order valence-corrected chi connectivity index (χ4v) is 1.96. The number of methoxy groups -OCH3 is 1. The number of rotatable bonds is 7. The second-order valence-electron chi connectivity index (χ2n) is 4.25. The van der Waals surface area contributed by atoms with Gasteiger partial charge in [0.1, 0.15) is 0 Å². The molecule has 0 aromatic heterocycles. The molecule has 18 heavy (non-hydrogen) atoms. The van der Waals surface area contributed by atoms with Crippen LogP contribution in [-0.4, -0.2) is 43.3 Å². The SMILES string of the molecule is COC(=O)CCN(C)C(CCO)c1ccccc1.